The average Bonchev–Trinajstić information content (AvgIpc) is 2.48. The molecule has 0 aliphatic rings. The summed E-state index contributed by atoms with van der Waals surface area (Å²) in [5.41, 5.74) is 1.57. The topological polar surface area (TPSA) is 53.4 Å². The van der Waals surface area contributed by atoms with Crippen molar-refractivity contribution in [2.24, 2.45) is 0 Å². The van der Waals surface area contributed by atoms with Gasteiger partial charge in [0.25, 0.3) is 5.91 Å². The van der Waals surface area contributed by atoms with Crippen LogP contribution in [0.3, 0.4) is 0 Å². The van der Waals surface area contributed by atoms with Crippen LogP contribution in [0.5, 0.6) is 5.75 Å². The molecule has 0 radical (unpaired) electrons. The van der Waals surface area contributed by atoms with E-state index >= 15 is 0 Å². The molecular weight excluding hydrogens is 283 g/mol. The molecule has 0 unspecified atom stereocenters. The third kappa shape index (κ3) is 3.91. The van der Waals surface area contributed by atoms with Crippen molar-refractivity contribution in [3.05, 3.63) is 71.8 Å². The molecule has 0 aliphatic heterocycles. The smallest absolute Gasteiger partial charge is 0.276 e. The lowest BCUT2D eigenvalue weighted by Crippen LogP contribution is -2.32. The summed E-state index contributed by atoms with van der Waals surface area (Å²) in [4.78, 5) is 18.0. The number of carbonyl (C=O) groups excluding carboxylic acids is 1. The second kappa shape index (κ2) is 6.85. The van der Waals surface area contributed by atoms with E-state index in [1.807, 2.05) is 6.92 Å². The normalized spacial score (nSPS) is 10.3. The number of amides is 1. The highest BCUT2D eigenvalue weighted by Gasteiger charge is 2.20. The standard InChI is InChI=1S/C17H17FN2O2/c1-12(2)10-20(11-13-5-7-14(18)8-6-13)17(22)16-15(21)4-3-9-19-16/h3-9,21H,1,10-11H2,2H3. The molecular formula is C17H17FN2O2. The van der Waals surface area contributed by atoms with Crippen molar-refractivity contribution < 1.29 is 14.3 Å². The van der Waals surface area contributed by atoms with E-state index in [1.54, 1.807) is 18.2 Å². The van der Waals surface area contributed by atoms with Gasteiger partial charge in [0.15, 0.2) is 5.69 Å². The second-order valence-corrected chi connectivity index (χ2v) is 5.12. The van der Waals surface area contributed by atoms with Crippen molar-refractivity contribution in [1.29, 1.82) is 0 Å². The van der Waals surface area contributed by atoms with E-state index in [0.29, 0.717) is 6.54 Å². The fourth-order valence-corrected chi connectivity index (χ4v) is 2.05. The van der Waals surface area contributed by atoms with Crippen LogP contribution >= 0.6 is 0 Å². The van der Waals surface area contributed by atoms with Crippen LogP contribution in [0.25, 0.3) is 0 Å². The lowest BCUT2D eigenvalue weighted by molar-refractivity contribution is 0.0749. The first-order chi connectivity index (χ1) is 10.5. The second-order valence-electron chi connectivity index (χ2n) is 5.12. The summed E-state index contributed by atoms with van der Waals surface area (Å²) in [7, 11) is 0. The van der Waals surface area contributed by atoms with Gasteiger partial charge in [0.1, 0.15) is 11.6 Å². The van der Waals surface area contributed by atoms with E-state index in [-0.39, 0.29) is 23.8 Å². The van der Waals surface area contributed by atoms with Gasteiger partial charge in [-0.3, -0.25) is 4.79 Å². The maximum absolute atomic E-state index is 13.0. The third-order valence-electron chi connectivity index (χ3n) is 3.02. The quantitative estimate of drug-likeness (QED) is 0.863. The molecule has 1 aromatic carbocycles. The lowest BCUT2D eigenvalue weighted by atomic mass is 10.1. The number of aromatic hydroxyl groups is 1. The van der Waals surface area contributed by atoms with Gasteiger partial charge in [-0.1, -0.05) is 24.3 Å². The summed E-state index contributed by atoms with van der Waals surface area (Å²) in [5, 5.41) is 9.78. The number of hydrogen-bond acceptors (Lipinski definition) is 3. The van der Waals surface area contributed by atoms with Crippen molar-refractivity contribution in [2.75, 3.05) is 6.54 Å². The van der Waals surface area contributed by atoms with Crippen LogP contribution in [0.4, 0.5) is 4.39 Å². The molecule has 1 aromatic heterocycles. The first-order valence-electron chi connectivity index (χ1n) is 6.79. The van der Waals surface area contributed by atoms with E-state index < -0.39 is 5.91 Å². The number of hydrogen-bond donors (Lipinski definition) is 1. The Morgan fingerprint density at radius 1 is 1.32 bits per heavy atom. The van der Waals surface area contributed by atoms with Gasteiger partial charge in [-0.25, -0.2) is 9.37 Å². The number of pyridine rings is 1. The average molecular weight is 300 g/mol. The fourth-order valence-electron chi connectivity index (χ4n) is 2.05. The third-order valence-corrected chi connectivity index (χ3v) is 3.02. The molecule has 22 heavy (non-hydrogen) atoms. The molecule has 1 N–H and O–H groups in total. The van der Waals surface area contributed by atoms with Gasteiger partial charge in [0.05, 0.1) is 0 Å². The van der Waals surface area contributed by atoms with Crippen LogP contribution in [0.15, 0.2) is 54.7 Å². The SMILES string of the molecule is C=C(C)CN(Cc1ccc(F)cc1)C(=O)c1ncccc1O. The molecule has 1 amide bonds. The monoisotopic (exact) mass is 300 g/mol. The Hall–Kier alpha value is -2.69. The molecule has 0 aliphatic carbocycles. The maximum Gasteiger partial charge on any atom is 0.276 e. The van der Waals surface area contributed by atoms with Gasteiger partial charge in [-0.2, -0.15) is 0 Å². The van der Waals surface area contributed by atoms with Crippen molar-refractivity contribution in [3.8, 4) is 5.75 Å². The first-order valence-corrected chi connectivity index (χ1v) is 6.79. The summed E-state index contributed by atoms with van der Waals surface area (Å²) in [5.74, 6) is -0.896. The van der Waals surface area contributed by atoms with E-state index in [0.717, 1.165) is 11.1 Å². The van der Waals surface area contributed by atoms with E-state index in [1.165, 1.54) is 29.3 Å². The molecule has 0 saturated heterocycles. The molecule has 5 heteroatoms. The van der Waals surface area contributed by atoms with E-state index in [2.05, 4.69) is 11.6 Å². The zero-order valence-corrected chi connectivity index (χ0v) is 12.3. The predicted octanol–water partition coefficient (Wildman–Crippen LogP) is 3.14. The molecule has 0 bridgehead atoms. The largest absolute Gasteiger partial charge is 0.505 e. The summed E-state index contributed by atoms with van der Waals surface area (Å²) in [6, 6.07) is 8.89. The molecule has 2 rings (SSSR count). The van der Waals surface area contributed by atoms with Crippen LogP contribution in [-0.2, 0) is 6.54 Å². The fraction of sp³-hybridized carbons (Fsp3) is 0.176. The van der Waals surface area contributed by atoms with Gasteiger partial charge in [-0.05, 0) is 36.8 Å². The van der Waals surface area contributed by atoms with Crippen molar-refractivity contribution >= 4 is 5.91 Å². The number of carbonyl (C=O) groups is 1. The molecule has 2 aromatic rings. The van der Waals surface area contributed by atoms with E-state index in [9.17, 15) is 14.3 Å². The Balaban J connectivity index is 2.25. The number of nitrogens with zero attached hydrogens (tertiary/aromatic N) is 2. The predicted molar refractivity (Wildman–Crippen MR) is 81.9 cm³/mol. The minimum Gasteiger partial charge on any atom is -0.505 e. The highest BCUT2D eigenvalue weighted by atomic mass is 19.1. The summed E-state index contributed by atoms with van der Waals surface area (Å²) >= 11 is 0. The molecule has 0 atom stereocenters. The summed E-state index contributed by atoms with van der Waals surface area (Å²) in [6.07, 6.45) is 1.45. The maximum atomic E-state index is 13.0. The molecule has 0 fully saturated rings. The Morgan fingerprint density at radius 2 is 2.00 bits per heavy atom. The number of rotatable bonds is 5. The number of benzene rings is 1. The Morgan fingerprint density at radius 3 is 2.59 bits per heavy atom. The Labute approximate surface area is 128 Å². The van der Waals surface area contributed by atoms with Crippen LogP contribution in [-0.4, -0.2) is 27.4 Å². The van der Waals surface area contributed by atoms with Gasteiger partial charge >= 0.3 is 0 Å². The Bertz CT molecular complexity index is 683. The number of aromatic nitrogens is 1. The lowest BCUT2D eigenvalue weighted by Gasteiger charge is -2.23. The molecule has 1 heterocycles. The van der Waals surface area contributed by atoms with Gasteiger partial charge in [-0.15, -0.1) is 0 Å². The molecule has 0 saturated carbocycles. The number of halogens is 1. The van der Waals surface area contributed by atoms with Crippen LogP contribution in [0.1, 0.15) is 23.0 Å². The zero-order chi connectivity index (χ0) is 16.1. The van der Waals surface area contributed by atoms with Crippen LogP contribution in [0, 0.1) is 5.82 Å². The van der Waals surface area contributed by atoms with Crippen molar-refractivity contribution in [2.45, 2.75) is 13.5 Å². The van der Waals surface area contributed by atoms with Gasteiger partial charge in [0.2, 0.25) is 0 Å². The van der Waals surface area contributed by atoms with Crippen LogP contribution in [0.2, 0.25) is 0 Å². The van der Waals surface area contributed by atoms with Gasteiger partial charge < -0.3 is 10.0 Å². The van der Waals surface area contributed by atoms with Crippen molar-refractivity contribution in [3.63, 3.8) is 0 Å². The zero-order valence-electron chi connectivity index (χ0n) is 12.3. The molecule has 0 spiro atoms. The molecule has 114 valence electrons. The van der Waals surface area contributed by atoms with Crippen LogP contribution < -0.4 is 0 Å². The first kappa shape index (κ1) is 15.7. The van der Waals surface area contributed by atoms with Gasteiger partial charge in [0, 0.05) is 19.3 Å². The highest BCUT2D eigenvalue weighted by Crippen LogP contribution is 2.17. The summed E-state index contributed by atoms with van der Waals surface area (Å²) < 4.78 is 13.0. The van der Waals surface area contributed by atoms with E-state index in [4.69, 9.17) is 0 Å². The highest BCUT2D eigenvalue weighted by molar-refractivity contribution is 5.94. The molecule has 4 nitrogen and oxygen atoms in total. The summed E-state index contributed by atoms with van der Waals surface area (Å²) in [6.45, 7) is 6.23. The minimum absolute atomic E-state index is 0.00846. The van der Waals surface area contributed by atoms with Crippen molar-refractivity contribution in [1.82, 2.24) is 9.88 Å². The Kier molecular flexibility index (Phi) is 4.88. The minimum atomic E-state index is -0.398.